The first kappa shape index (κ1) is 21.3. The lowest BCUT2D eigenvalue weighted by molar-refractivity contribution is 0.0693. The number of piperidine rings is 1. The Kier molecular flexibility index (Phi) is 6.90. The standard InChI is InChI=1S/C22H24BrFN2O3/c1-14(2)29-20-13-15(23)7-8-18(20)21(27)25-16-9-11-26(12-10-16)22(28)17-5-3-4-6-19(17)24/h3-8,13-14,16H,9-12H2,1-2H3,(H,25,27). The minimum Gasteiger partial charge on any atom is -0.490 e. The molecule has 2 aromatic carbocycles. The van der Waals surface area contributed by atoms with E-state index in [-0.39, 0.29) is 29.5 Å². The first-order valence-electron chi connectivity index (χ1n) is 9.66. The fourth-order valence-corrected chi connectivity index (χ4v) is 3.67. The summed E-state index contributed by atoms with van der Waals surface area (Å²) in [4.78, 5) is 26.9. The third-order valence-electron chi connectivity index (χ3n) is 4.77. The molecule has 2 aromatic rings. The number of carbonyl (C=O) groups excluding carboxylic acids is 2. The van der Waals surface area contributed by atoms with Crippen molar-refractivity contribution < 1.29 is 18.7 Å². The molecule has 0 spiro atoms. The Labute approximate surface area is 178 Å². The minimum atomic E-state index is -0.513. The summed E-state index contributed by atoms with van der Waals surface area (Å²) in [6, 6.07) is 11.3. The van der Waals surface area contributed by atoms with Crippen LogP contribution >= 0.6 is 15.9 Å². The highest BCUT2D eigenvalue weighted by Gasteiger charge is 2.27. The Bertz CT molecular complexity index is 895. The van der Waals surface area contributed by atoms with E-state index in [1.54, 1.807) is 35.2 Å². The van der Waals surface area contributed by atoms with Crippen molar-refractivity contribution in [2.24, 2.45) is 0 Å². The maximum absolute atomic E-state index is 13.9. The van der Waals surface area contributed by atoms with Gasteiger partial charge in [0.25, 0.3) is 11.8 Å². The smallest absolute Gasteiger partial charge is 0.256 e. The summed E-state index contributed by atoms with van der Waals surface area (Å²) >= 11 is 3.40. The van der Waals surface area contributed by atoms with Gasteiger partial charge in [0.15, 0.2) is 0 Å². The molecule has 0 saturated carbocycles. The quantitative estimate of drug-likeness (QED) is 0.715. The van der Waals surface area contributed by atoms with Crippen LogP contribution in [0.3, 0.4) is 0 Å². The Hall–Kier alpha value is -2.41. The molecule has 2 amide bonds. The predicted molar refractivity (Wildman–Crippen MR) is 113 cm³/mol. The lowest BCUT2D eigenvalue weighted by Crippen LogP contribution is -2.46. The van der Waals surface area contributed by atoms with Crippen molar-refractivity contribution in [2.45, 2.75) is 38.8 Å². The van der Waals surface area contributed by atoms with Gasteiger partial charge in [0.2, 0.25) is 0 Å². The monoisotopic (exact) mass is 462 g/mol. The van der Waals surface area contributed by atoms with E-state index in [2.05, 4.69) is 21.2 Å². The van der Waals surface area contributed by atoms with E-state index in [0.29, 0.717) is 37.2 Å². The Morgan fingerprint density at radius 2 is 1.83 bits per heavy atom. The molecule has 1 N–H and O–H groups in total. The second-order valence-corrected chi connectivity index (χ2v) is 8.24. The van der Waals surface area contributed by atoms with E-state index in [1.165, 1.54) is 12.1 Å². The SMILES string of the molecule is CC(C)Oc1cc(Br)ccc1C(=O)NC1CCN(C(=O)c2ccccc2F)CC1. The second kappa shape index (κ2) is 9.39. The van der Waals surface area contributed by atoms with Crippen LogP contribution in [0, 0.1) is 5.82 Å². The molecule has 5 nitrogen and oxygen atoms in total. The number of hydrogen-bond acceptors (Lipinski definition) is 3. The molecule has 0 unspecified atom stereocenters. The van der Waals surface area contributed by atoms with Gasteiger partial charge < -0.3 is 15.0 Å². The summed E-state index contributed by atoms with van der Waals surface area (Å²) in [5.74, 6) is -0.500. The van der Waals surface area contributed by atoms with Crippen molar-refractivity contribution in [1.29, 1.82) is 0 Å². The fourth-order valence-electron chi connectivity index (χ4n) is 3.33. The summed E-state index contributed by atoms with van der Waals surface area (Å²) < 4.78 is 20.5. The molecule has 7 heteroatoms. The molecule has 154 valence electrons. The zero-order chi connectivity index (χ0) is 21.0. The van der Waals surface area contributed by atoms with E-state index in [4.69, 9.17) is 4.74 Å². The highest BCUT2D eigenvalue weighted by Crippen LogP contribution is 2.25. The van der Waals surface area contributed by atoms with Crippen LogP contribution < -0.4 is 10.1 Å². The third kappa shape index (κ3) is 5.35. The zero-order valence-electron chi connectivity index (χ0n) is 16.5. The van der Waals surface area contributed by atoms with Crippen LogP contribution in [0.25, 0.3) is 0 Å². The third-order valence-corrected chi connectivity index (χ3v) is 5.27. The fraction of sp³-hybridized carbons (Fsp3) is 0.364. The lowest BCUT2D eigenvalue weighted by Gasteiger charge is -2.32. The summed E-state index contributed by atoms with van der Waals surface area (Å²) in [6.45, 7) is 4.75. The maximum Gasteiger partial charge on any atom is 0.256 e. The maximum atomic E-state index is 13.9. The van der Waals surface area contributed by atoms with Crippen molar-refractivity contribution in [3.8, 4) is 5.75 Å². The van der Waals surface area contributed by atoms with Gasteiger partial charge in [-0.05, 0) is 57.0 Å². The molecule has 1 aliphatic heterocycles. The average Bonchev–Trinajstić information content (AvgIpc) is 2.68. The molecule has 0 aromatic heterocycles. The van der Waals surface area contributed by atoms with E-state index < -0.39 is 5.82 Å². The van der Waals surface area contributed by atoms with Crippen LogP contribution in [0.1, 0.15) is 47.4 Å². The van der Waals surface area contributed by atoms with E-state index in [0.717, 1.165) is 4.47 Å². The van der Waals surface area contributed by atoms with Gasteiger partial charge in [0.1, 0.15) is 11.6 Å². The average molecular weight is 463 g/mol. The predicted octanol–water partition coefficient (Wildman–Crippen LogP) is 4.41. The number of rotatable bonds is 5. The van der Waals surface area contributed by atoms with Crippen molar-refractivity contribution in [1.82, 2.24) is 10.2 Å². The van der Waals surface area contributed by atoms with Gasteiger partial charge >= 0.3 is 0 Å². The number of nitrogens with one attached hydrogen (secondary N) is 1. The van der Waals surface area contributed by atoms with Crippen LogP contribution in [0.15, 0.2) is 46.9 Å². The molecular weight excluding hydrogens is 439 g/mol. The zero-order valence-corrected chi connectivity index (χ0v) is 18.0. The molecule has 0 bridgehead atoms. The number of benzene rings is 2. The van der Waals surface area contributed by atoms with Gasteiger partial charge in [0, 0.05) is 23.6 Å². The molecule has 0 atom stereocenters. The molecule has 0 aliphatic carbocycles. The second-order valence-electron chi connectivity index (χ2n) is 7.33. The van der Waals surface area contributed by atoms with Gasteiger partial charge in [-0.2, -0.15) is 0 Å². The van der Waals surface area contributed by atoms with Crippen LogP contribution in [-0.4, -0.2) is 41.9 Å². The number of nitrogens with zero attached hydrogens (tertiary/aromatic N) is 1. The van der Waals surface area contributed by atoms with Crippen molar-refractivity contribution in [2.75, 3.05) is 13.1 Å². The number of carbonyl (C=O) groups is 2. The molecule has 1 aliphatic rings. The molecule has 1 saturated heterocycles. The molecule has 1 fully saturated rings. The first-order valence-corrected chi connectivity index (χ1v) is 10.5. The topological polar surface area (TPSA) is 58.6 Å². The summed E-state index contributed by atoms with van der Waals surface area (Å²) in [5.41, 5.74) is 0.562. The molecule has 3 rings (SSSR count). The lowest BCUT2D eigenvalue weighted by atomic mass is 10.0. The van der Waals surface area contributed by atoms with E-state index >= 15 is 0 Å². The number of halogens is 2. The van der Waals surface area contributed by atoms with Gasteiger partial charge in [-0.3, -0.25) is 9.59 Å². The number of ether oxygens (including phenoxy) is 1. The van der Waals surface area contributed by atoms with E-state index in [1.807, 2.05) is 13.8 Å². The number of likely N-dealkylation sites (tertiary alicyclic amines) is 1. The summed E-state index contributed by atoms with van der Waals surface area (Å²) in [6.07, 6.45) is 1.18. The van der Waals surface area contributed by atoms with Crippen molar-refractivity contribution >= 4 is 27.7 Å². The van der Waals surface area contributed by atoms with Crippen LogP contribution in [0.4, 0.5) is 4.39 Å². The Balaban J connectivity index is 1.60. The van der Waals surface area contributed by atoms with Crippen molar-refractivity contribution in [3.63, 3.8) is 0 Å². The van der Waals surface area contributed by atoms with Crippen LogP contribution in [0.2, 0.25) is 0 Å². The highest BCUT2D eigenvalue weighted by molar-refractivity contribution is 9.10. The highest BCUT2D eigenvalue weighted by atomic mass is 79.9. The minimum absolute atomic E-state index is 0.0523. The molecule has 29 heavy (non-hydrogen) atoms. The van der Waals surface area contributed by atoms with Crippen LogP contribution in [-0.2, 0) is 0 Å². The molecule has 0 radical (unpaired) electrons. The van der Waals surface area contributed by atoms with Gasteiger partial charge in [0.05, 0.1) is 17.2 Å². The van der Waals surface area contributed by atoms with Crippen LogP contribution in [0.5, 0.6) is 5.75 Å². The molecular formula is C22H24BrFN2O3. The number of hydrogen-bond donors (Lipinski definition) is 1. The van der Waals surface area contributed by atoms with Gasteiger partial charge in [-0.15, -0.1) is 0 Å². The number of amides is 2. The normalized spacial score (nSPS) is 14.7. The Morgan fingerprint density at radius 1 is 1.14 bits per heavy atom. The molecule has 1 heterocycles. The first-order chi connectivity index (χ1) is 13.8. The van der Waals surface area contributed by atoms with Gasteiger partial charge in [-0.1, -0.05) is 28.1 Å². The summed E-state index contributed by atoms with van der Waals surface area (Å²) in [7, 11) is 0. The van der Waals surface area contributed by atoms with Gasteiger partial charge in [-0.25, -0.2) is 4.39 Å². The Morgan fingerprint density at radius 3 is 2.48 bits per heavy atom. The summed E-state index contributed by atoms with van der Waals surface area (Å²) in [5, 5.41) is 3.03. The van der Waals surface area contributed by atoms with Crippen molar-refractivity contribution in [3.05, 3.63) is 63.9 Å². The largest absolute Gasteiger partial charge is 0.490 e. The van der Waals surface area contributed by atoms with E-state index in [9.17, 15) is 14.0 Å².